The lowest BCUT2D eigenvalue weighted by Gasteiger charge is -2.21. The first-order chi connectivity index (χ1) is 4.43. The molecule has 1 rings (SSSR count). The van der Waals surface area contributed by atoms with Crippen molar-refractivity contribution in [1.29, 1.82) is 0 Å². The third-order valence-electron chi connectivity index (χ3n) is 1.97. The average molecular weight is 229 g/mol. The molecule has 0 unspecified atom stereocenters. The van der Waals surface area contributed by atoms with Gasteiger partial charge in [0, 0.05) is 6.04 Å². The molecule has 0 aromatic heterocycles. The predicted molar refractivity (Wildman–Crippen MR) is 51.1 cm³/mol. The Morgan fingerprint density at radius 3 is 2.30 bits per heavy atom. The number of alkyl halides is 1. The van der Waals surface area contributed by atoms with Crippen LogP contribution in [-0.2, 0) is 0 Å². The van der Waals surface area contributed by atoms with Gasteiger partial charge in [0.15, 0.2) is 0 Å². The second kappa shape index (κ2) is 6.44. The first-order valence-corrected chi connectivity index (χ1v) is 4.85. The molecular weight excluding hydrogens is 213 g/mol. The topological polar surface area (TPSA) is 12.0 Å². The van der Waals surface area contributed by atoms with Gasteiger partial charge in [-0.05, 0) is 12.8 Å². The summed E-state index contributed by atoms with van der Waals surface area (Å²) in [4.78, 5) is 0. The normalized spacial score (nSPS) is 20.1. The minimum Gasteiger partial charge on any atom is -0.305 e. The quantitative estimate of drug-likeness (QED) is 0.566. The minimum absolute atomic E-state index is 0. The van der Waals surface area contributed by atoms with Crippen molar-refractivity contribution < 1.29 is 0 Å². The molecule has 0 radical (unpaired) electrons. The Kier molecular flexibility index (Phi) is 6.91. The summed E-state index contributed by atoms with van der Waals surface area (Å²) in [7, 11) is 0. The molecule has 0 aromatic rings. The Hall–Kier alpha value is 0.730. The van der Waals surface area contributed by atoms with E-state index >= 15 is 0 Å². The summed E-state index contributed by atoms with van der Waals surface area (Å²) in [5, 5.41) is 3.40. The summed E-state index contributed by atoms with van der Waals surface area (Å²) >= 11 is 3.37. The zero-order valence-electron chi connectivity index (χ0n) is 6.11. The van der Waals surface area contributed by atoms with Crippen LogP contribution in [-0.4, -0.2) is 11.5 Å². The zero-order valence-corrected chi connectivity index (χ0v) is 8.51. The van der Waals surface area contributed by atoms with Crippen molar-refractivity contribution >= 4 is 28.3 Å². The molecule has 0 atom stereocenters. The van der Waals surface area contributed by atoms with E-state index in [0.717, 1.165) is 11.5 Å². The zero-order chi connectivity index (χ0) is 6.53. The van der Waals surface area contributed by atoms with E-state index in [2.05, 4.69) is 21.2 Å². The maximum atomic E-state index is 3.40. The number of hydrogen-bond donors (Lipinski definition) is 1. The van der Waals surface area contributed by atoms with Crippen LogP contribution in [0.2, 0.25) is 0 Å². The van der Waals surface area contributed by atoms with E-state index in [1.54, 1.807) is 0 Å². The van der Waals surface area contributed by atoms with Gasteiger partial charge in [-0.1, -0.05) is 35.2 Å². The van der Waals surface area contributed by atoms with Crippen LogP contribution in [0, 0.1) is 0 Å². The van der Waals surface area contributed by atoms with E-state index in [1.165, 1.54) is 32.1 Å². The van der Waals surface area contributed by atoms with Gasteiger partial charge in [0.05, 0.1) is 5.45 Å². The molecule has 0 aromatic carbocycles. The second-order valence-electron chi connectivity index (χ2n) is 2.67. The van der Waals surface area contributed by atoms with Gasteiger partial charge in [-0.3, -0.25) is 0 Å². The fourth-order valence-corrected chi connectivity index (χ4v) is 1.87. The molecule has 0 aliphatic heterocycles. The van der Waals surface area contributed by atoms with Crippen molar-refractivity contribution in [2.45, 2.75) is 38.1 Å². The summed E-state index contributed by atoms with van der Waals surface area (Å²) in [5.74, 6) is 0. The molecule has 3 heteroatoms. The minimum atomic E-state index is 0. The van der Waals surface area contributed by atoms with E-state index in [9.17, 15) is 0 Å². The van der Waals surface area contributed by atoms with Crippen molar-refractivity contribution in [3.8, 4) is 0 Å². The van der Waals surface area contributed by atoms with E-state index < -0.39 is 0 Å². The van der Waals surface area contributed by atoms with Crippen LogP contribution in [0.4, 0.5) is 0 Å². The maximum Gasteiger partial charge on any atom is 0.0519 e. The molecule has 1 nitrogen and oxygen atoms in total. The first kappa shape index (κ1) is 10.7. The van der Waals surface area contributed by atoms with E-state index in [0.29, 0.717) is 0 Å². The lowest BCUT2D eigenvalue weighted by Crippen LogP contribution is -2.29. The first-order valence-electron chi connectivity index (χ1n) is 3.73. The van der Waals surface area contributed by atoms with E-state index in [1.807, 2.05) is 0 Å². The van der Waals surface area contributed by atoms with Crippen LogP contribution in [0.3, 0.4) is 0 Å². The molecule has 0 saturated heterocycles. The van der Waals surface area contributed by atoms with Crippen LogP contribution in [0.5, 0.6) is 0 Å². The van der Waals surface area contributed by atoms with Gasteiger partial charge in [0.2, 0.25) is 0 Å². The van der Waals surface area contributed by atoms with E-state index in [-0.39, 0.29) is 12.4 Å². The summed E-state index contributed by atoms with van der Waals surface area (Å²) in [5.41, 5.74) is 0.956. The molecule has 1 aliphatic rings. The molecule has 0 heterocycles. The SMILES string of the molecule is BrCNC1CCCCC1.Cl. The van der Waals surface area contributed by atoms with Crippen LogP contribution in [0.15, 0.2) is 0 Å². The summed E-state index contributed by atoms with van der Waals surface area (Å²) < 4.78 is 0. The van der Waals surface area contributed by atoms with Crippen LogP contribution in [0.25, 0.3) is 0 Å². The summed E-state index contributed by atoms with van der Waals surface area (Å²) in [6.45, 7) is 0. The van der Waals surface area contributed by atoms with Crippen LogP contribution < -0.4 is 5.32 Å². The molecule has 62 valence electrons. The molecule has 0 amide bonds. The standard InChI is InChI=1S/C7H14BrN.ClH/c8-6-9-7-4-2-1-3-5-7;/h7,9H,1-6H2;1H. The Morgan fingerprint density at radius 1 is 1.20 bits per heavy atom. The lowest BCUT2D eigenvalue weighted by atomic mass is 9.96. The van der Waals surface area contributed by atoms with Gasteiger partial charge in [0.25, 0.3) is 0 Å². The molecular formula is C7H15BrClN. The van der Waals surface area contributed by atoms with Crippen molar-refractivity contribution in [3.63, 3.8) is 0 Å². The Bertz CT molecular complexity index is 71.3. The monoisotopic (exact) mass is 227 g/mol. The summed E-state index contributed by atoms with van der Waals surface area (Å²) in [6, 6.07) is 0.804. The smallest absolute Gasteiger partial charge is 0.0519 e. The third kappa shape index (κ3) is 3.79. The number of nitrogens with one attached hydrogen (secondary N) is 1. The maximum absolute atomic E-state index is 3.40. The van der Waals surface area contributed by atoms with Gasteiger partial charge in [-0.25, -0.2) is 0 Å². The second-order valence-corrected chi connectivity index (χ2v) is 3.23. The highest BCUT2D eigenvalue weighted by molar-refractivity contribution is 9.09. The highest BCUT2D eigenvalue weighted by Crippen LogP contribution is 2.17. The van der Waals surface area contributed by atoms with Crippen molar-refractivity contribution in [2.24, 2.45) is 0 Å². The number of hydrogen-bond acceptors (Lipinski definition) is 1. The van der Waals surface area contributed by atoms with Crippen molar-refractivity contribution in [3.05, 3.63) is 0 Å². The highest BCUT2D eigenvalue weighted by atomic mass is 79.9. The van der Waals surface area contributed by atoms with Crippen molar-refractivity contribution in [1.82, 2.24) is 5.32 Å². The van der Waals surface area contributed by atoms with Crippen molar-refractivity contribution in [2.75, 3.05) is 5.45 Å². The van der Waals surface area contributed by atoms with Gasteiger partial charge in [0.1, 0.15) is 0 Å². The molecule has 1 N–H and O–H groups in total. The lowest BCUT2D eigenvalue weighted by molar-refractivity contribution is 0.391. The molecule has 0 spiro atoms. The fourth-order valence-electron chi connectivity index (χ4n) is 1.42. The Morgan fingerprint density at radius 2 is 1.80 bits per heavy atom. The summed E-state index contributed by atoms with van der Waals surface area (Å²) in [6.07, 6.45) is 7.05. The van der Waals surface area contributed by atoms with Crippen LogP contribution in [0.1, 0.15) is 32.1 Å². The van der Waals surface area contributed by atoms with Gasteiger partial charge >= 0.3 is 0 Å². The number of halogens is 2. The Labute approximate surface area is 77.5 Å². The van der Waals surface area contributed by atoms with E-state index in [4.69, 9.17) is 0 Å². The van der Waals surface area contributed by atoms with Gasteiger partial charge < -0.3 is 5.32 Å². The molecule has 0 bridgehead atoms. The molecule has 1 aliphatic carbocycles. The largest absolute Gasteiger partial charge is 0.305 e. The fraction of sp³-hybridized carbons (Fsp3) is 1.00. The third-order valence-corrected chi connectivity index (χ3v) is 2.29. The molecule has 10 heavy (non-hydrogen) atoms. The van der Waals surface area contributed by atoms with Crippen LogP contribution >= 0.6 is 28.3 Å². The average Bonchev–Trinajstić information content (AvgIpc) is 1.91. The van der Waals surface area contributed by atoms with Gasteiger partial charge in [-0.15, -0.1) is 12.4 Å². The highest BCUT2D eigenvalue weighted by Gasteiger charge is 2.10. The molecule has 1 fully saturated rings. The Balaban J connectivity index is 0.000000810. The van der Waals surface area contributed by atoms with Gasteiger partial charge in [-0.2, -0.15) is 0 Å². The predicted octanol–water partition coefficient (Wildman–Crippen LogP) is 2.68. The number of rotatable bonds is 2. The molecule has 1 saturated carbocycles.